The van der Waals surface area contributed by atoms with Crippen LogP contribution in [0.5, 0.6) is 11.5 Å². The molecule has 0 heterocycles. The zero-order valence-electron chi connectivity index (χ0n) is 16.8. The molecule has 0 aliphatic rings. The van der Waals surface area contributed by atoms with Gasteiger partial charge in [0.25, 0.3) is 0 Å². The number of hydrogen-bond donors (Lipinski definition) is 2. The first-order valence-electron chi connectivity index (χ1n) is 8.74. The lowest BCUT2D eigenvalue weighted by atomic mass is 10.1. The standard InChI is InChI=1S/C20H24F3N3O3/c1-12(15-11-14(28-4)7-9-18(15)29-5)24-19(27)25-17-8-6-13(26(2)3)10-16(17)20(21,22)23/h6-12H,1-5H3,(H2,24,25,27). The Balaban J connectivity index is 2.23. The van der Waals surface area contributed by atoms with Crippen LogP contribution in [-0.2, 0) is 6.18 Å². The molecular formula is C20H24F3N3O3. The molecule has 2 aromatic rings. The largest absolute Gasteiger partial charge is 0.497 e. The van der Waals surface area contributed by atoms with Crippen molar-refractivity contribution in [1.29, 1.82) is 0 Å². The van der Waals surface area contributed by atoms with E-state index in [9.17, 15) is 18.0 Å². The molecule has 2 aromatic carbocycles. The van der Waals surface area contributed by atoms with Crippen LogP contribution >= 0.6 is 0 Å². The van der Waals surface area contributed by atoms with Gasteiger partial charge in [0.05, 0.1) is 31.5 Å². The Hall–Kier alpha value is -3.10. The SMILES string of the molecule is COc1ccc(OC)c(C(C)NC(=O)Nc2ccc(N(C)C)cc2C(F)(F)F)c1. The second-order valence-corrected chi connectivity index (χ2v) is 6.55. The Morgan fingerprint density at radius 3 is 2.31 bits per heavy atom. The summed E-state index contributed by atoms with van der Waals surface area (Å²) in [6, 6.07) is 7.48. The third kappa shape index (κ3) is 5.46. The molecule has 29 heavy (non-hydrogen) atoms. The summed E-state index contributed by atoms with van der Waals surface area (Å²) in [6.07, 6.45) is -4.61. The van der Waals surface area contributed by atoms with Gasteiger partial charge in [0, 0.05) is 25.3 Å². The highest BCUT2D eigenvalue weighted by Crippen LogP contribution is 2.37. The summed E-state index contributed by atoms with van der Waals surface area (Å²) in [5, 5.41) is 4.91. The molecule has 0 spiro atoms. The van der Waals surface area contributed by atoms with Crippen LogP contribution in [-0.4, -0.2) is 34.3 Å². The van der Waals surface area contributed by atoms with Gasteiger partial charge in [-0.3, -0.25) is 0 Å². The number of carbonyl (C=O) groups is 1. The highest BCUT2D eigenvalue weighted by Gasteiger charge is 2.34. The van der Waals surface area contributed by atoms with Gasteiger partial charge in [0.1, 0.15) is 11.5 Å². The highest BCUT2D eigenvalue weighted by atomic mass is 19.4. The summed E-state index contributed by atoms with van der Waals surface area (Å²) < 4.78 is 50.8. The van der Waals surface area contributed by atoms with Crippen molar-refractivity contribution in [1.82, 2.24) is 5.32 Å². The molecule has 0 aliphatic carbocycles. The minimum atomic E-state index is -4.61. The lowest BCUT2D eigenvalue weighted by molar-refractivity contribution is -0.136. The van der Waals surface area contributed by atoms with E-state index in [-0.39, 0.29) is 5.69 Å². The average molecular weight is 411 g/mol. The predicted octanol–water partition coefficient (Wildman–Crippen LogP) is 4.67. The third-order valence-electron chi connectivity index (χ3n) is 4.32. The molecule has 2 rings (SSSR count). The van der Waals surface area contributed by atoms with E-state index in [0.29, 0.717) is 22.7 Å². The van der Waals surface area contributed by atoms with Crippen LogP contribution in [0.4, 0.5) is 29.3 Å². The third-order valence-corrected chi connectivity index (χ3v) is 4.32. The van der Waals surface area contributed by atoms with Gasteiger partial charge in [-0.1, -0.05) is 0 Å². The van der Waals surface area contributed by atoms with Crippen molar-refractivity contribution in [3.63, 3.8) is 0 Å². The first-order valence-corrected chi connectivity index (χ1v) is 8.74. The molecule has 0 radical (unpaired) electrons. The minimum Gasteiger partial charge on any atom is -0.497 e. The van der Waals surface area contributed by atoms with E-state index in [1.165, 1.54) is 26.4 Å². The van der Waals surface area contributed by atoms with Gasteiger partial charge in [-0.15, -0.1) is 0 Å². The van der Waals surface area contributed by atoms with Crippen LogP contribution in [0.1, 0.15) is 24.1 Å². The zero-order chi connectivity index (χ0) is 21.8. The van der Waals surface area contributed by atoms with Gasteiger partial charge < -0.3 is 25.0 Å². The van der Waals surface area contributed by atoms with E-state index >= 15 is 0 Å². The summed E-state index contributed by atoms with van der Waals surface area (Å²) in [7, 11) is 6.27. The molecule has 6 nitrogen and oxygen atoms in total. The van der Waals surface area contributed by atoms with E-state index in [1.807, 2.05) is 0 Å². The molecule has 158 valence electrons. The van der Waals surface area contributed by atoms with E-state index in [1.54, 1.807) is 44.1 Å². The number of carbonyl (C=O) groups excluding carboxylic acids is 1. The maximum absolute atomic E-state index is 13.4. The first-order chi connectivity index (χ1) is 13.6. The Labute approximate surface area is 167 Å². The molecule has 0 bridgehead atoms. The molecule has 0 aromatic heterocycles. The second kappa shape index (κ2) is 8.93. The van der Waals surface area contributed by atoms with Crippen LogP contribution in [0.15, 0.2) is 36.4 Å². The molecule has 1 unspecified atom stereocenters. The van der Waals surface area contributed by atoms with Crippen LogP contribution < -0.4 is 25.0 Å². The van der Waals surface area contributed by atoms with Crippen molar-refractivity contribution in [2.24, 2.45) is 0 Å². The number of amides is 2. The Morgan fingerprint density at radius 1 is 1.07 bits per heavy atom. The van der Waals surface area contributed by atoms with Gasteiger partial charge in [-0.2, -0.15) is 13.2 Å². The minimum absolute atomic E-state index is 0.328. The number of rotatable bonds is 6. The molecule has 9 heteroatoms. The summed E-state index contributed by atoms with van der Waals surface area (Å²) in [5.41, 5.74) is -0.255. The molecule has 0 aliphatic heterocycles. The van der Waals surface area contributed by atoms with Crippen LogP contribution in [0.3, 0.4) is 0 Å². The van der Waals surface area contributed by atoms with Gasteiger partial charge in [0.15, 0.2) is 0 Å². The number of urea groups is 1. The van der Waals surface area contributed by atoms with Gasteiger partial charge in [-0.05, 0) is 43.3 Å². The first kappa shape index (κ1) is 22.2. The number of hydrogen-bond acceptors (Lipinski definition) is 4. The van der Waals surface area contributed by atoms with Crippen LogP contribution in [0.2, 0.25) is 0 Å². The molecule has 2 amide bonds. The average Bonchev–Trinajstić information content (AvgIpc) is 2.66. The van der Waals surface area contributed by atoms with Crippen molar-refractivity contribution in [3.8, 4) is 11.5 Å². The maximum atomic E-state index is 13.4. The van der Waals surface area contributed by atoms with Crippen LogP contribution in [0.25, 0.3) is 0 Å². The molecule has 0 saturated carbocycles. The van der Waals surface area contributed by atoms with Crippen molar-refractivity contribution < 1.29 is 27.4 Å². The Morgan fingerprint density at radius 2 is 1.76 bits per heavy atom. The summed E-state index contributed by atoms with van der Waals surface area (Å²) in [5.74, 6) is 1.08. The fourth-order valence-electron chi connectivity index (χ4n) is 2.76. The smallest absolute Gasteiger partial charge is 0.418 e. The van der Waals surface area contributed by atoms with E-state index < -0.39 is 23.8 Å². The zero-order valence-corrected chi connectivity index (χ0v) is 16.8. The number of nitrogens with one attached hydrogen (secondary N) is 2. The quantitative estimate of drug-likeness (QED) is 0.725. The Bertz CT molecular complexity index is 870. The number of methoxy groups -OCH3 is 2. The molecule has 0 fully saturated rings. The fraction of sp³-hybridized carbons (Fsp3) is 0.350. The maximum Gasteiger partial charge on any atom is 0.418 e. The Kier molecular flexibility index (Phi) is 6.84. The van der Waals surface area contributed by atoms with Gasteiger partial charge in [-0.25, -0.2) is 4.79 Å². The van der Waals surface area contributed by atoms with Crippen molar-refractivity contribution in [2.45, 2.75) is 19.1 Å². The predicted molar refractivity (Wildman–Crippen MR) is 106 cm³/mol. The normalized spacial score (nSPS) is 12.1. The fourth-order valence-corrected chi connectivity index (χ4v) is 2.76. The lowest BCUT2D eigenvalue weighted by Gasteiger charge is -2.21. The molecule has 2 N–H and O–H groups in total. The van der Waals surface area contributed by atoms with Crippen molar-refractivity contribution in [2.75, 3.05) is 38.5 Å². The number of halogens is 3. The number of nitrogens with zero attached hydrogens (tertiary/aromatic N) is 1. The molecular weight excluding hydrogens is 387 g/mol. The monoisotopic (exact) mass is 411 g/mol. The summed E-state index contributed by atoms with van der Waals surface area (Å²) >= 11 is 0. The van der Waals surface area contributed by atoms with Crippen molar-refractivity contribution >= 4 is 17.4 Å². The van der Waals surface area contributed by atoms with E-state index in [0.717, 1.165) is 6.07 Å². The summed E-state index contributed by atoms with van der Waals surface area (Å²) in [4.78, 5) is 13.9. The van der Waals surface area contributed by atoms with Gasteiger partial charge in [0.2, 0.25) is 0 Å². The summed E-state index contributed by atoms with van der Waals surface area (Å²) in [6.45, 7) is 1.69. The number of ether oxygens (including phenoxy) is 2. The topological polar surface area (TPSA) is 62.8 Å². The van der Waals surface area contributed by atoms with Crippen molar-refractivity contribution in [3.05, 3.63) is 47.5 Å². The number of benzene rings is 2. The van der Waals surface area contributed by atoms with E-state index in [4.69, 9.17) is 9.47 Å². The van der Waals surface area contributed by atoms with Gasteiger partial charge >= 0.3 is 12.2 Å². The van der Waals surface area contributed by atoms with Crippen LogP contribution in [0, 0.1) is 0 Å². The highest BCUT2D eigenvalue weighted by molar-refractivity contribution is 5.91. The number of alkyl halides is 3. The number of anilines is 2. The second-order valence-electron chi connectivity index (χ2n) is 6.55. The molecule has 1 atom stereocenters. The lowest BCUT2D eigenvalue weighted by Crippen LogP contribution is -2.32. The van der Waals surface area contributed by atoms with E-state index in [2.05, 4.69) is 10.6 Å². The molecule has 0 saturated heterocycles.